The normalized spacial score (nSPS) is 18.7. The molecule has 0 saturated carbocycles. The Labute approximate surface area is 145 Å². The maximum absolute atomic E-state index is 12.1. The van der Waals surface area contributed by atoms with E-state index in [1.807, 2.05) is 6.07 Å². The number of hydrogen-bond donors (Lipinski definition) is 1. The molecule has 1 amide bonds. The van der Waals surface area contributed by atoms with Crippen molar-refractivity contribution < 1.29 is 9.21 Å². The molecule has 1 aromatic carbocycles. The molecule has 1 atom stereocenters. The van der Waals surface area contributed by atoms with Gasteiger partial charge in [0.15, 0.2) is 4.67 Å². The van der Waals surface area contributed by atoms with E-state index in [1.165, 1.54) is 24.7 Å². The van der Waals surface area contributed by atoms with Gasteiger partial charge in [-0.25, -0.2) is 0 Å². The number of furan rings is 1. The minimum atomic E-state index is -0.0698. The van der Waals surface area contributed by atoms with Crippen LogP contribution in [0.5, 0.6) is 0 Å². The summed E-state index contributed by atoms with van der Waals surface area (Å²) in [5.74, 6) is 0.436. The first-order valence-electron chi connectivity index (χ1n) is 7.99. The van der Waals surface area contributed by atoms with E-state index in [-0.39, 0.29) is 5.91 Å². The molecule has 2 aromatic rings. The largest absolute Gasteiger partial charge is 0.457 e. The van der Waals surface area contributed by atoms with Crippen molar-refractivity contribution in [2.75, 3.05) is 19.6 Å². The average molecular weight is 377 g/mol. The van der Waals surface area contributed by atoms with Crippen molar-refractivity contribution in [2.45, 2.75) is 19.4 Å². The van der Waals surface area contributed by atoms with Crippen LogP contribution in [0.25, 0.3) is 0 Å². The van der Waals surface area contributed by atoms with E-state index in [4.69, 9.17) is 4.42 Å². The lowest BCUT2D eigenvalue weighted by Crippen LogP contribution is -2.40. The molecule has 23 heavy (non-hydrogen) atoms. The van der Waals surface area contributed by atoms with Crippen LogP contribution in [0.4, 0.5) is 0 Å². The number of likely N-dealkylation sites (tertiary alicyclic amines) is 1. The number of rotatable bonds is 5. The number of carbonyl (C=O) groups is 1. The average Bonchev–Trinajstić information content (AvgIpc) is 3.01. The highest BCUT2D eigenvalue weighted by Gasteiger charge is 2.21. The number of amides is 1. The smallest absolute Gasteiger partial charge is 0.254 e. The Balaban J connectivity index is 1.48. The van der Waals surface area contributed by atoms with E-state index in [0.29, 0.717) is 22.7 Å². The third kappa shape index (κ3) is 4.69. The second kappa shape index (κ2) is 7.79. The van der Waals surface area contributed by atoms with Gasteiger partial charge in [-0.05, 0) is 46.8 Å². The molecule has 122 valence electrons. The first-order valence-corrected chi connectivity index (χ1v) is 8.78. The Hall–Kier alpha value is -1.59. The van der Waals surface area contributed by atoms with Gasteiger partial charge in [-0.2, -0.15) is 0 Å². The fourth-order valence-corrected chi connectivity index (χ4v) is 3.41. The summed E-state index contributed by atoms with van der Waals surface area (Å²) >= 11 is 3.21. The minimum Gasteiger partial charge on any atom is -0.457 e. The quantitative estimate of drug-likeness (QED) is 0.865. The van der Waals surface area contributed by atoms with E-state index >= 15 is 0 Å². The molecule has 0 radical (unpaired) electrons. The zero-order valence-corrected chi connectivity index (χ0v) is 14.6. The van der Waals surface area contributed by atoms with Crippen LogP contribution in [-0.2, 0) is 6.54 Å². The second-order valence-corrected chi connectivity index (χ2v) is 6.86. The molecule has 3 rings (SSSR count). The van der Waals surface area contributed by atoms with Gasteiger partial charge < -0.3 is 9.73 Å². The standard InChI is InChI=1S/C18H21BrN2O2/c19-17-9-16(13-23-17)18(22)20-10-15-7-4-8-21(12-15)11-14-5-2-1-3-6-14/h1-3,5-6,9,13,15H,4,7-8,10-12H2,(H,20,22). The van der Waals surface area contributed by atoms with Crippen molar-refractivity contribution >= 4 is 21.8 Å². The molecule has 1 saturated heterocycles. The summed E-state index contributed by atoms with van der Waals surface area (Å²) in [6.45, 7) is 3.87. The van der Waals surface area contributed by atoms with Crippen molar-refractivity contribution in [3.05, 3.63) is 58.5 Å². The Kier molecular flexibility index (Phi) is 5.51. The van der Waals surface area contributed by atoms with Gasteiger partial charge in [-0.3, -0.25) is 9.69 Å². The van der Waals surface area contributed by atoms with Crippen molar-refractivity contribution in [2.24, 2.45) is 5.92 Å². The highest BCUT2D eigenvalue weighted by atomic mass is 79.9. The molecule has 1 aliphatic heterocycles. The van der Waals surface area contributed by atoms with Crippen molar-refractivity contribution in [3.8, 4) is 0 Å². The van der Waals surface area contributed by atoms with Crippen LogP contribution in [-0.4, -0.2) is 30.4 Å². The maximum atomic E-state index is 12.1. The molecule has 1 N–H and O–H groups in total. The first kappa shape index (κ1) is 16.3. The first-order chi connectivity index (χ1) is 11.2. The second-order valence-electron chi connectivity index (χ2n) is 6.08. The predicted octanol–water partition coefficient (Wildman–Crippen LogP) is 3.68. The van der Waals surface area contributed by atoms with Crippen molar-refractivity contribution in [3.63, 3.8) is 0 Å². The van der Waals surface area contributed by atoms with Gasteiger partial charge in [0.25, 0.3) is 5.91 Å². The van der Waals surface area contributed by atoms with Crippen LogP contribution < -0.4 is 5.32 Å². The number of hydrogen-bond acceptors (Lipinski definition) is 3. The molecular formula is C18H21BrN2O2. The van der Waals surface area contributed by atoms with Gasteiger partial charge in [0.05, 0.1) is 5.56 Å². The topological polar surface area (TPSA) is 45.5 Å². The Morgan fingerprint density at radius 3 is 2.91 bits per heavy atom. The molecular weight excluding hydrogens is 356 g/mol. The van der Waals surface area contributed by atoms with Crippen LogP contribution in [0, 0.1) is 5.92 Å². The number of nitrogens with zero attached hydrogens (tertiary/aromatic N) is 1. The molecule has 4 nitrogen and oxygen atoms in total. The highest BCUT2D eigenvalue weighted by molar-refractivity contribution is 9.10. The fourth-order valence-electron chi connectivity index (χ4n) is 3.07. The number of piperidine rings is 1. The molecule has 1 fully saturated rings. The van der Waals surface area contributed by atoms with E-state index in [2.05, 4.69) is 50.4 Å². The van der Waals surface area contributed by atoms with E-state index in [9.17, 15) is 4.79 Å². The van der Waals surface area contributed by atoms with Crippen LogP contribution in [0.2, 0.25) is 0 Å². The Morgan fingerprint density at radius 2 is 2.17 bits per heavy atom. The summed E-state index contributed by atoms with van der Waals surface area (Å²) in [5, 5.41) is 3.02. The Morgan fingerprint density at radius 1 is 1.35 bits per heavy atom. The van der Waals surface area contributed by atoms with Crippen molar-refractivity contribution in [1.82, 2.24) is 10.2 Å². The summed E-state index contributed by atoms with van der Waals surface area (Å²) in [6, 6.07) is 12.2. The molecule has 2 heterocycles. The van der Waals surface area contributed by atoms with Gasteiger partial charge in [0.1, 0.15) is 6.26 Å². The maximum Gasteiger partial charge on any atom is 0.254 e. The molecule has 0 aliphatic carbocycles. The Bertz CT molecular complexity index is 641. The summed E-state index contributed by atoms with van der Waals surface area (Å²) in [6.07, 6.45) is 3.83. The van der Waals surface area contributed by atoms with Gasteiger partial charge >= 0.3 is 0 Å². The summed E-state index contributed by atoms with van der Waals surface area (Å²) in [4.78, 5) is 14.5. The minimum absolute atomic E-state index is 0.0698. The van der Waals surface area contributed by atoms with Gasteiger partial charge in [-0.1, -0.05) is 30.3 Å². The SMILES string of the molecule is O=C(NCC1CCCN(Cc2ccccc2)C1)c1coc(Br)c1. The van der Waals surface area contributed by atoms with E-state index in [1.54, 1.807) is 6.07 Å². The molecule has 1 aliphatic rings. The summed E-state index contributed by atoms with van der Waals surface area (Å²) < 4.78 is 5.69. The van der Waals surface area contributed by atoms with Crippen LogP contribution >= 0.6 is 15.9 Å². The monoisotopic (exact) mass is 376 g/mol. The number of halogens is 1. The van der Waals surface area contributed by atoms with Crippen LogP contribution in [0.1, 0.15) is 28.8 Å². The lowest BCUT2D eigenvalue weighted by molar-refractivity contribution is 0.0930. The molecule has 1 unspecified atom stereocenters. The van der Waals surface area contributed by atoms with Gasteiger partial charge in [0.2, 0.25) is 0 Å². The molecule has 0 bridgehead atoms. The predicted molar refractivity (Wildman–Crippen MR) is 93.2 cm³/mol. The van der Waals surface area contributed by atoms with Gasteiger partial charge in [-0.15, -0.1) is 0 Å². The lowest BCUT2D eigenvalue weighted by atomic mass is 9.97. The molecule has 0 spiro atoms. The zero-order chi connectivity index (χ0) is 16.1. The molecule has 1 aromatic heterocycles. The lowest BCUT2D eigenvalue weighted by Gasteiger charge is -2.32. The van der Waals surface area contributed by atoms with E-state index < -0.39 is 0 Å². The fraction of sp³-hybridized carbons (Fsp3) is 0.389. The third-order valence-corrected chi connectivity index (χ3v) is 4.65. The number of carbonyl (C=O) groups excluding carboxylic acids is 1. The van der Waals surface area contributed by atoms with Crippen LogP contribution in [0.15, 0.2) is 51.7 Å². The number of benzene rings is 1. The van der Waals surface area contributed by atoms with Crippen molar-refractivity contribution in [1.29, 1.82) is 0 Å². The van der Waals surface area contributed by atoms with E-state index in [0.717, 1.165) is 19.6 Å². The number of nitrogens with one attached hydrogen (secondary N) is 1. The van der Waals surface area contributed by atoms with Crippen LogP contribution in [0.3, 0.4) is 0 Å². The molecule has 5 heteroatoms. The zero-order valence-electron chi connectivity index (χ0n) is 13.0. The van der Waals surface area contributed by atoms with Gasteiger partial charge in [0, 0.05) is 25.7 Å². The summed E-state index contributed by atoms with van der Waals surface area (Å²) in [7, 11) is 0. The third-order valence-electron chi connectivity index (χ3n) is 4.23. The highest BCUT2D eigenvalue weighted by Crippen LogP contribution is 2.19. The summed E-state index contributed by atoms with van der Waals surface area (Å²) in [5.41, 5.74) is 1.91.